The number of nitrogens with zero attached hydrogens (tertiary/aromatic N) is 1. The largest absolute Gasteiger partial charge is 0.534 e. The highest BCUT2D eigenvalue weighted by Gasteiger charge is 2.49. The van der Waals surface area contributed by atoms with Crippen LogP contribution in [0.2, 0.25) is 0 Å². The highest BCUT2D eigenvalue weighted by Crippen LogP contribution is 2.45. The molecule has 1 aliphatic carbocycles. The summed E-state index contributed by atoms with van der Waals surface area (Å²) in [6, 6.07) is 5.42. The standard InChI is InChI=1S/C18H18F3NO4S2/c1-10(2)12-3-5-14-13(9-12)16-15(26-28(24,25)18(19,20)21)6-4-11(7-8-23)17(16)22(14)27/h3,5-6,8-11,27H,4,7H2,1-2H3. The number of alkyl halides is 3. The number of benzene rings is 1. The highest BCUT2D eigenvalue weighted by molar-refractivity contribution is 7.87. The van der Waals surface area contributed by atoms with Crippen molar-refractivity contribution in [3.05, 3.63) is 41.1 Å². The van der Waals surface area contributed by atoms with Gasteiger partial charge < -0.3 is 8.98 Å². The summed E-state index contributed by atoms with van der Waals surface area (Å²) in [5.41, 5.74) is -3.35. The van der Waals surface area contributed by atoms with E-state index >= 15 is 0 Å². The summed E-state index contributed by atoms with van der Waals surface area (Å²) in [5, 5.41) is 0.524. The number of aromatic nitrogens is 1. The Morgan fingerprint density at radius 3 is 2.61 bits per heavy atom. The van der Waals surface area contributed by atoms with Gasteiger partial charge in [0.1, 0.15) is 12.0 Å². The minimum atomic E-state index is -5.83. The number of fused-ring (bicyclic) bond motifs is 3. The van der Waals surface area contributed by atoms with Crippen LogP contribution in [0.5, 0.6) is 0 Å². The van der Waals surface area contributed by atoms with E-state index in [1.165, 1.54) is 10.0 Å². The summed E-state index contributed by atoms with van der Waals surface area (Å²) in [6.07, 6.45) is 2.28. The van der Waals surface area contributed by atoms with Gasteiger partial charge in [-0.3, -0.25) is 3.97 Å². The second kappa shape index (κ2) is 7.14. The molecule has 0 aliphatic heterocycles. The van der Waals surface area contributed by atoms with E-state index in [2.05, 4.69) is 17.0 Å². The van der Waals surface area contributed by atoms with Gasteiger partial charge in [-0.05, 0) is 36.1 Å². The van der Waals surface area contributed by atoms with Crippen molar-refractivity contribution in [1.29, 1.82) is 0 Å². The normalized spacial score (nSPS) is 17.5. The Hall–Kier alpha value is -1.94. The Kier molecular flexibility index (Phi) is 5.30. The van der Waals surface area contributed by atoms with Crippen molar-refractivity contribution in [2.75, 3.05) is 0 Å². The number of hydrogen-bond donors (Lipinski definition) is 1. The van der Waals surface area contributed by atoms with Gasteiger partial charge in [0.05, 0.1) is 5.52 Å². The van der Waals surface area contributed by atoms with Crippen LogP contribution in [0.1, 0.15) is 55.3 Å². The number of hydrogen-bond acceptors (Lipinski definition) is 5. The molecule has 0 bridgehead atoms. The zero-order valence-corrected chi connectivity index (χ0v) is 16.7. The lowest BCUT2D eigenvalue weighted by molar-refractivity contribution is -0.108. The number of carbonyl (C=O) groups excluding carboxylic acids is 1. The van der Waals surface area contributed by atoms with Crippen molar-refractivity contribution in [3.8, 4) is 0 Å². The first-order valence-electron chi connectivity index (χ1n) is 8.50. The predicted octanol–water partition coefficient (Wildman–Crippen LogP) is 4.74. The first kappa shape index (κ1) is 20.8. The molecule has 0 fully saturated rings. The van der Waals surface area contributed by atoms with Crippen LogP contribution in [0.4, 0.5) is 13.2 Å². The van der Waals surface area contributed by atoms with Crippen LogP contribution >= 0.6 is 12.8 Å². The van der Waals surface area contributed by atoms with Crippen molar-refractivity contribution < 1.29 is 30.6 Å². The maximum Gasteiger partial charge on any atom is 0.534 e. The highest BCUT2D eigenvalue weighted by atomic mass is 32.2. The quantitative estimate of drug-likeness (QED) is 0.320. The van der Waals surface area contributed by atoms with Crippen LogP contribution in [-0.2, 0) is 19.1 Å². The molecule has 1 atom stereocenters. The first-order valence-corrected chi connectivity index (χ1v) is 10.3. The third-order valence-corrected chi connectivity index (χ3v) is 6.15. The Morgan fingerprint density at radius 1 is 1.36 bits per heavy atom. The number of halogens is 3. The molecular weight excluding hydrogens is 415 g/mol. The van der Waals surface area contributed by atoms with Gasteiger partial charge in [0.2, 0.25) is 0 Å². The Morgan fingerprint density at radius 2 is 2.04 bits per heavy atom. The molecule has 0 radical (unpaired) electrons. The summed E-state index contributed by atoms with van der Waals surface area (Å²) in [4.78, 5) is 11.1. The maximum atomic E-state index is 12.8. The van der Waals surface area contributed by atoms with E-state index in [9.17, 15) is 26.4 Å². The van der Waals surface area contributed by atoms with Crippen molar-refractivity contribution in [3.63, 3.8) is 0 Å². The average molecular weight is 433 g/mol. The second-order valence-electron chi connectivity index (χ2n) is 6.89. The monoisotopic (exact) mass is 433 g/mol. The number of aldehydes is 1. The third-order valence-electron chi connectivity index (χ3n) is 4.75. The van der Waals surface area contributed by atoms with Crippen molar-refractivity contribution in [2.45, 2.75) is 44.0 Å². The van der Waals surface area contributed by atoms with Gasteiger partial charge in [0.25, 0.3) is 0 Å². The number of thiol groups is 1. The first-order chi connectivity index (χ1) is 13.0. The number of allylic oxidation sites excluding steroid dienone is 1. The summed E-state index contributed by atoms with van der Waals surface area (Å²) in [7, 11) is -5.83. The van der Waals surface area contributed by atoms with Crippen LogP contribution < -0.4 is 0 Å². The molecule has 5 nitrogen and oxygen atoms in total. The van der Waals surface area contributed by atoms with Crippen LogP contribution in [-0.4, -0.2) is 24.2 Å². The van der Waals surface area contributed by atoms with E-state index in [0.29, 0.717) is 22.9 Å². The van der Waals surface area contributed by atoms with Gasteiger partial charge in [-0.1, -0.05) is 32.7 Å². The SMILES string of the molecule is CC(C)c1ccc2c(c1)c1c(n2S)C(CC=O)CC=C1OS(=O)(=O)C(F)(F)F. The second-order valence-corrected chi connectivity index (χ2v) is 8.83. The van der Waals surface area contributed by atoms with Crippen molar-refractivity contribution >= 4 is 45.9 Å². The molecule has 2 aromatic rings. The summed E-state index contributed by atoms with van der Waals surface area (Å²) in [6.45, 7) is 3.92. The predicted molar refractivity (Wildman–Crippen MR) is 102 cm³/mol. The Labute approximate surface area is 165 Å². The number of carbonyl (C=O) groups is 1. The van der Waals surface area contributed by atoms with Crippen molar-refractivity contribution in [1.82, 2.24) is 3.97 Å². The van der Waals surface area contributed by atoms with Gasteiger partial charge in [-0.15, -0.1) is 0 Å². The fourth-order valence-electron chi connectivity index (χ4n) is 3.34. The molecule has 0 saturated heterocycles. The molecule has 152 valence electrons. The van der Waals surface area contributed by atoms with E-state index in [1.54, 1.807) is 12.1 Å². The molecular formula is C18H18F3NO4S2. The summed E-state index contributed by atoms with van der Waals surface area (Å²) >= 11 is 4.45. The molecule has 0 N–H and O–H groups in total. The lowest BCUT2D eigenvalue weighted by Gasteiger charge is -2.23. The van der Waals surface area contributed by atoms with Crippen molar-refractivity contribution in [2.24, 2.45) is 0 Å². The number of rotatable bonds is 5. The lowest BCUT2D eigenvalue weighted by Crippen LogP contribution is -2.25. The Bertz CT molecular complexity index is 1070. The summed E-state index contributed by atoms with van der Waals surface area (Å²) < 4.78 is 67.7. The molecule has 28 heavy (non-hydrogen) atoms. The van der Waals surface area contributed by atoms with Gasteiger partial charge >= 0.3 is 15.6 Å². The van der Waals surface area contributed by atoms with Crippen LogP contribution in [0.25, 0.3) is 16.7 Å². The van der Waals surface area contributed by atoms with Gasteiger partial charge in [-0.2, -0.15) is 21.6 Å². The average Bonchev–Trinajstić information content (AvgIpc) is 2.89. The molecule has 1 aliphatic rings. The molecule has 0 saturated carbocycles. The smallest absolute Gasteiger partial charge is 0.376 e. The van der Waals surface area contributed by atoms with E-state index in [1.807, 2.05) is 19.9 Å². The van der Waals surface area contributed by atoms with Crippen LogP contribution in [0.3, 0.4) is 0 Å². The molecule has 1 unspecified atom stereocenters. The van der Waals surface area contributed by atoms with Crippen LogP contribution in [0.15, 0.2) is 24.3 Å². The van der Waals surface area contributed by atoms with E-state index in [-0.39, 0.29) is 30.2 Å². The molecule has 1 aromatic carbocycles. The topological polar surface area (TPSA) is 65.4 Å². The lowest BCUT2D eigenvalue weighted by atomic mass is 9.88. The molecule has 1 aromatic heterocycles. The van der Waals surface area contributed by atoms with Gasteiger partial charge in [-0.25, -0.2) is 0 Å². The fraction of sp³-hybridized carbons (Fsp3) is 0.389. The molecule has 0 amide bonds. The maximum absolute atomic E-state index is 12.8. The van der Waals surface area contributed by atoms with E-state index < -0.39 is 21.4 Å². The van der Waals surface area contributed by atoms with Gasteiger partial charge in [0, 0.05) is 29.0 Å². The van der Waals surface area contributed by atoms with E-state index in [4.69, 9.17) is 0 Å². The molecule has 3 rings (SSSR count). The molecule has 10 heteroatoms. The zero-order valence-electron chi connectivity index (χ0n) is 15.0. The third kappa shape index (κ3) is 3.43. The summed E-state index contributed by atoms with van der Waals surface area (Å²) in [5.74, 6) is -0.598. The van der Waals surface area contributed by atoms with E-state index in [0.717, 1.165) is 5.56 Å². The Balaban J connectivity index is 2.26. The molecule has 1 heterocycles. The van der Waals surface area contributed by atoms with Gasteiger partial charge in [0.15, 0.2) is 0 Å². The minimum Gasteiger partial charge on any atom is -0.376 e. The molecule has 0 spiro atoms. The fourth-order valence-corrected chi connectivity index (χ4v) is 4.26. The van der Waals surface area contributed by atoms with Crippen LogP contribution in [0, 0.1) is 0 Å². The zero-order chi connectivity index (χ0) is 20.9. The minimum absolute atomic E-state index is 0.122.